The number of carbonyl (C=O) groups is 2. The normalized spacial score (nSPS) is 23.4. The number of benzene rings is 1. The Morgan fingerprint density at radius 3 is 2.40 bits per heavy atom. The van der Waals surface area contributed by atoms with Crippen molar-refractivity contribution in [1.29, 1.82) is 0 Å². The molecule has 5 nitrogen and oxygen atoms in total. The third-order valence-electron chi connectivity index (χ3n) is 5.49. The van der Waals surface area contributed by atoms with Crippen molar-refractivity contribution < 1.29 is 9.59 Å². The summed E-state index contributed by atoms with van der Waals surface area (Å²) in [5, 5.41) is 3.25. The van der Waals surface area contributed by atoms with Crippen LogP contribution in [0.3, 0.4) is 0 Å². The number of amides is 2. The number of nitrogens with one attached hydrogen (secondary N) is 1. The van der Waals surface area contributed by atoms with Crippen LogP contribution >= 0.6 is 0 Å². The first-order valence-electron chi connectivity index (χ1n) is 9.45. The molecule has 0 radical (unpaired) electrons. The monoisotopic (exact) mass is 343 g/mol. The fourth-order valence-electron chi connectivity index (χ4n) is 3.73. The Bertz CT molecular complexity index is 610. The minimum absolute atomic E-state index is 0.138. The lowest BCUT2D eigenvalue weighted by molar-refractivity contribution is -0.123. The van der Waals surface area contributed by atoms with Crippen LogP contribution in [0.15, 0.2) is 24.3 Å². The van der Waals surface area contributed by atoms with Crippen LogP contribution in [-0.4, -0.2) is 35.3 Å². The Kier molecular flexibility index (Phi) is 5.74. The second kappa shape index (κ2) is 8.00. The lowest BCUT2D eigenvalue weighted by Gasteiger charge is -2.30. The van der Waals surface area contributed by atoms with E-state index in [-0.39, 0.29) is 5.91 Å². The molecule has 0 saturated heterocycles. The summed E-state index contributed by atoms with van der Waals surface area (Å²) in [5.74, 6) is 0.305. The molecule has 2 atom stereocenters. The minimum Gasteiger partial charge on any atom is -0.366 e. The van der Waals surface area contributed by atoms with Crippen molar-refractivity contribution in [3.63, 3.8) is 0 Å². The van der Waals surface area contributed by atoms with Crippen molar-refractivity contribution in [2.75, 3.05) is 6.54 Å². The van der Waals surface area contributed by atoms with E-state index in [0.717, 1.165) is 31.4 Å². The van der Waals surface area contributed by atoms with E-state index in [0.29, 0.717) is 30.1 Å². The van der Waals surface area contributed by atoms with Gasteiger partial charge in [0.15, 0.2) is 0 Å². The highest BCUT2D eigenvalue weighted by molar-refractivity contribution is 5.92. The van der Waals surface area contributed by atoms with E-state index in [4.69, 9.17) is 5.73 Å². The molecule has 3 rings (SSSR count). The third-order valence-corrected chi connectivity index (χ3v) is 5.49. The summed E-state index contributed by atoms with van der Waals surface area (Å²) in [6.45, 7) is 3.42. The highest BCUT2D eigenvalue weighted by Crippen LogP contribution is 2.28. The smallest absolute Gasteiger partial charge is 0.248 e. The predicted molar refractivity (Wildman–Crippen MR) is 98.0 cm³/mol. The molecular weight excluding hydrogens is 314 g/mol. The molecule has 25 heavy (non-hydrogen) atoms. The lowest BCUT2D eigenvalue weighted by Crippen LogP contribution is -2.46. The first-order valence-corrected chi connectivity index (χ1v) is 9.45. The molecule has 0 unspecified atom stereocenters. The van der Waals surface area contributed by atoms with E-state index < -0.39 is 5.91 Å². The molecule has 3 N–H and O–H groups in total. The van der Waals surface area contributed by atoms with Crippen LogP contribution in [0.2, 0.25) is 0 Å². The zero-order valence-electron chi connectivity index (χ0n) is 15.0. The van der Waals surface area contributed by atoms with Gasteiger partial charge < -0.3 is 11.1 Å². The van der Waals surface area contributed by atoms with Crippen molar-refractivity contribution in [3.8, 4) is 0 Å². The topological polar surface area (TPSA) is 75.4 Å². The van der Waals surface area contributed by atoms with E-state index in [1.165, 1.54) is 19.3 Å². The first kappa shape index (κ1) is 17.9. The quantitative estimate of drug-likeness (QED) is 0.798. The Balaban J connectivity index is 1.55. The summed E-state index contributed by atoms with van der Waals surface area (Å²) in [7, 11) is 0. The van der Waals surface area contributed by atoms with Gasteiger partial charge in [0.25, 0.3) is 0 Å². The molecule has 2 aliphatic rings. The minimum atomic E-state index is -0.411. The second-order valence-electron chi connectivity index (χ2n) is 7.63. The van der Waals surface area contributed by atoms with Crippen LogP contribution in [0.5, 0.6) is 0 Å². The standard InChI is InChI=1S/C20H29N3O2/c1-14-4-2-3-5-18(14)22-19(24)13-23(17-10-11-17)12-15-6-8-16(9-7-15)20(21)25/h6-9,14,17-18H,2-5,10-13H2,1H3,(H2,21,25)(H,22,24)/t14-,18+/m1/s1. The zero-order valence-corrected chi connectivity index (χ0v) is 15.0. The Morgan fingerprint density at radius 1 is 1.12 bits per heavy atom. The van der Waals surface area contributed by atoms with Crippen molar-refractivity contribution in [1.82, 2.24) is 10.2 Å². The summed E-state index contributed by atoms with van der Waals surface area (Å²) in [6.07, 6.45) is 7.13. The number of hydrogen-bond acceptors (Lipinski definition) is 3. The Morgan fingerprint density at radius 2 is 1.80 bits per heavy atom. The van der Waals surface area contributed by atoms with Gasteiger partial charge in [0, 0.05) is 24.2 Å². The zero-order chi connectivity index (χ0) is 17.8. The Labute approximate surface area is 150 Å². The van der Waals surface area contributed by atoms with Crippen molar-refractivity contribution in [2.24, 2.45) is 11.7 Å². The summed E-state index contributed by atoms with van der Waals surface area (Å²) in [5.41, 5.74) is 6.91. The van der Waals surface area contributed by atoms with Crippen LogP contribution < -0.4 is 11.1 Å². The molecule has 0 aliphatic heterocycles. The summed E-state index contributed by atoms with van der Waals surface area (Å²) in [4.78, 5) is 25.9. The maximum Gasteiger partial charge on any atom is 0.248 e. The third kappa shape index (κ3) is 5.05. The van der Waals surface area contributed by atoms with Crippen LogP contribution in [0.4, 0.5) is 0 Å². The highest BCUT2D eigenvalue weighted by atomic mass is 16.2. The first-order chi connectivity index (χ1) is 12.0. The number of carbonyl (C=O) groups excluding carboxylic acids is 2. The van der Waals surface area contributed by atoms with Crippen LogP contribution in [0.25, 0.3) is 0 Å². The van der Waals surface area contributed by atoms with Crippen LogP contribution in [0.1, 0.15) is 61.4 Å². The predicted octanol–water partition coefficient (Wildman–Crippen LogP) is 2.44. The molecule has 2 aliphatic carbocycles. The number of nitrogens with zero attached hydrogens (tertiary/aromatic N) is 1. The summed E-state index contributed by atoms with van der Waals surface area (Å²) >= 11 is 0. The van der Waals surface area contributed by atoms with E-state index in [9.17, 15) is 9.59 Å². The van der Waals surface area contributed by atoms with Gasteiger partial charge in [0.1, 0.15) is 0 Å². The maximum atomic E-state index is 12.5. The van der Waals surface area contributed by atoms with E-state index >= 15 is 0 Å². The SMILES string of the molecule is C[C@@H]1CCCC[C@@H]1NC(=O)CN(Cc1ccc(C(N)=O)cc1)C1CC1. The molecular formula is C20H29N3O2. The van der Waals surface area contributed by atoms with Gasteiger partial charge in [-0.1, -0.05) is 31.9 Å². The molecule has 0 aromatic heterocycles. The highest BCUT2D eigenvalue weighted by Gasteiger charge is 2.31. The van der Waals surface area contributed by atoms with Gasteiger partial charge in [0.05, 0.1) is 6.54 Å². The molecule has 2 amide bonds. The van der Waals surface area contributed by atoms with Gasteiger partial charge in [-0.25, -0.2) is 0 Å². The second-order valence-corrected chi connectivity index (χ2v) is 7.63. The number of hydrogen-bond donors (Lipinski definition) is 2. The van der Waals surface area contributed by atoms with Gasteiger partial charge in [-0.3, -0.25) is 14.5 Å². The summed E-state index contributed by atoms with van der Waals surface area (Å²) < 4.78 is 0. The van der Waals surface area contributed by atoms with E-state index in [2.05, 4.69) is 17.1 Å². The molecule has 0 bridgehead atoms. The summed E-state index contributed by atoms with van der Waals surface area (Å²) in [6, 6.07) is 8.20. The molecule has 136 valence electrons. The molecule has 2 saturated carbocycles. The average molecular weight is 343 g/mol. The van der Waals surface area contributed by atoms with Crippen molar-refractivity contribution in [2.45, 2.75) is 64.1 Å². The van der Waals surface area contributed by atoms with E-state index in [1.54, 1.807) is 12.1 Å². The molecule has 1 aromatic rings. The van der Waals surface area contributed by atoms with Gasteiger partial charge in [-0.05, 0) is 49.3 Å². The van der Waals surface area contributed by atoms with Crippen molar-refractivity contribution >= 4 is 11.8 Å². The number of nitrogens with two attached hydrogens (primary N) is 1. The van der Waals surface area contributed by atoms with E-state index in [1.807, 2.05) is 12.1 Å². The van der Waals surface area contributed by atoms with Gasteiger partial charge in [-0.2, -0.15) is 0 Å². The van der Waals surface area contributed by atoms with Gasteiger partial charge in [-0.15, -0.1) is 0 Å². The fraction of sp³-hybridized carbons (Fsp3) is 0.600. The average Bonchev–Trinajstić information content (AvgIpc) is 3.42. The molecule has 2 fully saturated rings. The molecule has 5 heteroatoms. The van der Waals surface area contributed by atoms with Gasteiger partial charge >= 0.3 is 0 Å². The number of rotatable bonds is 7. The Hall–Kier alpha value is -1.88. The van der Waals surface area contributed by atoms with Crippen LogP contribution in [-0.2, 0) is 11.3 Å². The lowest BCUT2D eigenvalue weighted by atomic mass is 9.86. The molecule has 0 spiro atoms. The molecule has 0 heterocycles. The number of primary amides is 1. The van der Waals surface area contributed by atoms with Crippen molar-refractivity contribution in [3.05, 3.63) is 35.4 Å². The van der Waals surface area contributed by atoms with Crippen LogP contribution in [0, 0.1) is 5.92 Å². The maximum absolute atomic E-state index is 12.5. The van der Waals surface area contributed by atoms with Gasteiger partial charge in [0.2, 0.25) is 11.8 Å². The largest absolute Gasteiger partial charge is 0.366 e. The molecule has 1 aromatic carbocycles. The fourth-order valence-corrected chi connectivity index (χ4v) is 3.73.